The summed E-state index contributed by atoms with van der Waals surface area (Å²) in [5.41, 5.74) is 5.13. The Bertz CT molecular complexity index is 1100. The van der Waals surface area contributed by atoms with E-state index < -0.39 is 0 Å². The number of amides is 2. The predicted molar refractivity (Wildman–Crippen MR) is 128 cm³/mol. The molecule has 3 aromatic carbocycles. The number of carbonyl (C=O) groups is 2. The molecule has 0 aliphatic rings. The Hall–Kier alpha value is -3.09. The number of thioether (sulfide) groups is 1. The number of carbonyl (C=O) groups excluding carboxylic acids is 2. The molecule has 0 spiro atoms. The summed E-state index contributed by atoms with van der Waals surface area (Å²) >= 11 is 7.42. The number of anilines is 1. The molecule has 1 atom stereocenters. The van der Waals surface area contributed by atoms with Crippen LogP contribution in [0.3, 0.4) is 0 Å². The van der Waals surface area contributed by atoms with Gasteiger partial charge in [-0.3, -0.25) is 9.59 Å². The summed E-state index contributed by atoms with van der Waals surface area (Å²) in [6, 6.07) is 23.8. The van der Waals surface area contributed by atoms with E-state index in [1.165, 1.54) is 11.8 Å². The molecule has 158 valence electrons. The van der Waals surface area contributed by atoms with Gasteiger partial charge in [0.2, 0.25) is 0 Å². The molecular weight excluding hydrogens is 430 g/mol. The van der Waals surface area contributed by atoms with Gasteiger partial charge in [-0.2, -0.15) is 5.10 Å². The molecular formula is C24H22ClN3O2S. The van der Waals surface area contributed by atoms with Crippen molar-refractivity contribution < 1.29 is 9.59 Å². The van der Waals surface area contributed by atoms with Crippen LogP contribution in [0.5, 0.6) is 0 Å². The lowest BCUT2D eigenvalue weighted by Crippen LogP contribution is -2.27. The first kappa shape index (κ1) is 22.6. The highest BCUT2D eigenvalue weighted by molar-refractivity contribution is 8.00. The van der Waals surface area contributed by atoms with Gasteiger partial charge < -0.3 is 5.32 Å². The first-order chi connectivity index (χ1) is 14.9. The molecule has 0 saturated heterocycles. The second-order valence-electron chi connectivity index (χ2n) is 6.79. The lowest BCUT2D eigenvalue weighted by Gasteiger charge is -2.11. The number of hydrogen-bond acceptors (Lipinski definition) is 4. The molecule has 7 heteroatoms. The summed E-state index contributed by atoms with van der Waals surface area (Å²) in [6.07, 6.45) is 0. The molecule has 2 N–H and O–H groups in total. The van der Waals surface area contributed by atoms with E-state index in [1.807, 2.05) is 49.4 Å². The van der Waals surface area contributed by atoms with Crippen molar-refractivity contribution in [2.24, 2.45) is 5.10 Å². The summed E-state index contributed by atoms with van der Waals surface area (Å²) in [6.45, 7) is 3.64. The monoisotopic (exact) mass is 451 g/mol. The Labute approximate surface area is 190 Å². The van der Waals surface area contributed by atoms with Gasteiger partial charge in [-0.1, -0.05) is 48.0 Å². The first-order valence-corrected chi connectivity index (χ1v) is 10.9. The quantitative estimate of drug-likeness (QED) is 0.278. The van der Waals surface area contributed by atoms with E-state index in [0.29, 0.717) is 22.0 Å². The number of halogens is 1. The molecule has 0 aromatic heterocycles. The third-order valence-electron chi connectivity index (χ3n) is 4.38. The maximum atomic E-state index is 12.4. The number of hydrogen-bond donors (Lipinski definition) is 2. The van der Waals surface area contributed by atoms with Crippen molar-refractivity contribution in [2.45, 2.75) is 24.0 Å². The predicted octanol–water partition coefficient (Wildman–Crippen LogP) is 5.61. The van der Waals surface area contributed by atoms with Gasteiger partial charge in [-0.05, 0) is 61.9 Å². The Morgan fingerprint density at radius 2 is 1.65 bits per heavy atom. The maximum absolute atomic E-state index is 12.4. The van der Waals surface area contributed by atoms with Gasteiger partial charge in [-0.15, -0.1) is 11.8 Å². The van der Waals surface area contributed by atoms with Crippen molar-refractivity contribution in [3.63, 3.8) is 0 Å². The number of nitrogens with zero attached hydrogens (tertiary/aromatic N) is 1. The van der Waals surface area contributed by atoms with Crippen LogP contribution < -0.4 is 10.7 Å². The number of benzene rings is 3. The summed E-state index contributed by atoms with van der Waals surface area (Å²) in [5.74, 6) is -0.437. The van der Waals surface area contributed by atoms with E-state index in [0.717, 1.165) is 10.5 Å². The van der Waals surface area contributed by atoms with Crippen LogP contribution in [0.2, 0.25) is 5.02 Å². The SMILES string of the molecule is C/C(=N/NC(=O)[C@H](C)Sc1ccccc1)c1cccc(NC(=O)c2cccc(Cl)c2)c1. The number of nitrogens with one attached hydrogen (secondary N) is 2. The average Bonchev–Trinajstić information content (AvgIpc) is 2.78. The van der Waals surface area contributed by atoms with E-state index >= 15 is 0 Å². The summed E-state index contributed by atoms with van der Waals surface area (Å²) < 4.78 is 0. The van der Waals surface area contributed by atoms with Gasteiger partial charge >= 0.3 is 0 Å². The zero-order chi connectivity index (χ0) is 22.2. The largest absolute Gasteiger partial charge is 0.322 e. The third-order valence-corrected chi connectivity index (χ3v) is 5.73. The van der Waals surface area contributed by atoms with Crippen LogP contribution in [0.4, 0.5) is 5.69 Å². The fourth-order valence-corrected chi connectivity index (χ4v) is 3.78. The molecule has 0 aliphatic heterocycles. The highest BCUT2D eigenvalue weighted by Gasteiger charge is 2.14. The molecule has 0 bridgehead atoms. The fraction of sp³-hybridized carbons (Fsp3) is 0.125. The zero-order valence-electron chi connectivity index (χ0n) is 17.1. The second kappa shape index (κ2) is 10.8. The fourth-order valence-electron chi connectivity index (χ4n) is 2.71. The molecule has 3 aromatic rings. The molecule has 5 nitrogen and oxygen atoms in total. The van der Waals surface area contributed by atoms with Gasteiger partial charge in [0.25, 0.3) is 11.8 Å². The van der Waals surface area contributed by atoms with Crippen LogP contribution in [0.15, 0.2) is 88.9 Å². The van der Waals surface area contributed by atoms with Gasteiger partial charge in [0, 0.05) is 21.2 Å². The molecule has 3 rings (SSSR count). The topological polar surface area (TPSA) is 70.6 Å². The average molecular weight is 452 g/mol. The Balaban J connectivity index is 1.62. The smallest absolute Gasteiger partial charge is 0.255 e. The van der Waals surface area contributed by atoms with E-state index in [1.54, 1.807) is 43.3 Å². The van der Waals surface area contributed by atoms with Crippen molar-refractivity contribution in [1.82, 2.24) is 5.43 Å². The van der Waals surface area contributed by atoms with Gasteiger partial charge in [0.1, 0.15) is 0 Å². The van der Waals surface area contributed by atoms with Crippen molar-refractivity contribution in [3.8, 4) is 0 Å². The Morgan fingerprint density at radius 1 is 0.935 bits per heavy atom. The molecule has 0 saturated carbocycles. The standard InChI is InChI=1S/C24H22ClN3O2S/c1-16(27-28-23(29)17(2)31-22-12-4-3-5-13-22)18-8-7-11-21(15-18)26-24(30)19-9-6-10-20(25)14-19/h3-15,17H,1-2H3,(H,26,30)(H,28,29)/b27-16-/t17-/m0/s1. The van der Waals surface area contributed by atoms with Crippen LogP contribution in [-0.4, -0.2) is 22.8 Å². The normalized spacial score (nSPS) is 12.2. The number of hydrazone groups is 1. The molecule has 0 unspecified atom stereocenters. The number of rotatable bonds is 7. The van der Waals surface area contributed by atoms with Gasteiger partial charge in [0.05, 0.1) is 11.0 Å². The summed E-state index contributed by atoms with van der Waals surface area (Å²) in [7, 11) is 0. The van der Waals surface area contributed by atoms with Crippen LogP contribution in [-0.2, 0) is 4.79 Å². The Morgan fingerprint density at radius 3 is 2.39 bits per heavy atom. The summed E-state index contributed by atoms with van der Waals surface area (Å²) in [4.78, 5) is 25.8. The molecule has 0 fully saturated rings. The molecule has 0 radical (unpaired) electrons. The molecule has 2 amide bonds. The maximum Gasteiger partial charge on any atom is 0.255 e. The zero-order valence-corrected chi connectivity index (χ0v) is 18.7. The minimum atomic E-state index is -0.290. The van der Waals surface area contributed by atoms with Gasteiger partial charge in [0.15, 0.2) is 0 Å². The van der Waals surface area contributed by atoms with E-state index in [9.17, 15) is 9.59 Å². The lowest BCUT2D eigenvalue weighted by atomic mass is 10.1. The first-order valence-electron chi connectivity index (χ1n) is 9.65. The lowest BCUT2D eigenvalue weighted by molar-refractivity contribution is -0.120. The Kier molecular flexibility index (Phi) is 7.87. The van der Waals surface area contributed by atoms with Crippen LogP contribution in [0, 0.1) is 0 Å². The van der Waals surface area contributed by atoms with Crippen molar-refractivity contribution in [1.29, 1.82) is 0 Å². The van der Waals surface area contributed by atoms with Crippen LogP contribution in [0.1, 0.15) is 29.8 Å². The molecule has 0 aliphatic carbocycles. The van der Waals surface area contributed by atoms with E-state index in [-0.39, 0.29) is 17.1 Å². The molecule has 0 heterocycles. The minimum Gasteiger partial charge on any atom is -0.322 e. The molecule has 31 heavy (non-hydrogen) atoms. The van der Waals surface area contributed by atoms with Gasteiger partial charge in [-0.25, -0.2) is 5.43 Å². The van der Waals surface area contributed by atoms with Crippen molar-refractivity contribution in [2.75, 3.05) is 5.32 Å². The van der Waals surface area contributed by atoms with E-state index in [2.05, 4.69) is 15.8 Å². The van der Waals surface area contributed by atoms with Crippen LogP contribution >= 0.6 is 23.4 Å². The highest BCUT2D eigenvalue weighted by atomic mass is 35.5. The highest BCUT2D eigenvalue weighted by Crippen LogP contribution is 2.22. The van der Waals surface area contributed by atoms with Crippen molar-refractivity contribution >= 4 is 46.6 Å². The van der Waals surface area contributed by atoms with E-state index in [4.69, 9.17) is 11.6 Å². The minimum absolute atomic E-state index is 0.182. The summed E-state index contributed by atoms with van der Waals surface area (Å²) in [5, 5.41) is 7.28. The van der Waals surface area contributed by atoms with Crippen LogP contribution in [0.25, 0.3) is 0 Å². The second-order valence-corrected chi connectivity index (χ2v) is 8.64. The third kappa shape index (κ3) is 6.70. The van der Waals surface area contributed by atoms with Crippen molar-refractivity contribution in [3.05, 3.63) is 95.0 Å².